The van der Waals surface area contributed by atoms with E-state index in [4.69, 9.17) is 0 Å². The van der Waals surface area contributed by atoms with Crippen molar-refractivity contribution in [3.63, 3.8) is 0 Å². The summed E-state index contributed by atoms with van der Waals surface area (Å²) in [6.07, 6.45) is 12.2. The number of amides is 4. The Balaban J connectivity index is 0. The van der Waals surface area contributed by atoms with Crippen molar-refractivity contribution in [3.05, 3.63) is 12.2 Å². The molecule has 186 valence electrons. The number of carbonyl (C=O) groups is 4. The van der Waals surface area contributed by atoms with Gasteiger partial charge in [0.25, 0.3) is 11.8 Å². The number of unbranched alkanes of at least 4 members (excludes halogenated alkanes) is 4. The predicted octanol–water partition coefficient (Wildman–Crippen LogP) is 4.46. The summed E-state index contributed by atoms with van der Waals surface area (Å²) in [6.45, 7) is 10.9. The number of nitrogens with zero attached hydrogens (tertiary/aromatic N) is 2. The number of imide groups is 1. The first-order valence-electron chi connectivity index (χ1n) is 12.7. The number of piperidine rings is 1. The molecule has 0 saturated carbocycles. The van der Waals surface area contributed by atoms with Gasteiger partial charge in [-0.25, -0.2) is 0 Å². The van der Waals surface area contributed by atoms with Gasteiger partial charge in [0.05, 0.1) is 0 Å². The van der Waals surface area contributed by atoms with Crippen molar-refractivity contribution < 1.29 is 20.6 Å². The van der Waals surface area contributed by atoms with Crippen LogP contribution in [0.3, 0.4) is 0 Å². The van der Waals surface area contributed by atoms with Gasteiger partial charge in [-0.3, -0.25) is 24.1 Å². The van der Waals surface area contributed by atoms with E-state index in [1.54, 1.807) is 0 Å². The third-order valence-electron chi connectivity index (χ3n) is 5.28. The maximum absolute atomic E-state index is 12.0. The fourth-order valence-corrected chi connectivity index (χ4v) is 3.58. The summed E-state index contributed by atoms with van der Waals surface area (Å²) in [5.74, 6) is -0.183. The van der Waals surface area contributed by atoms with Crippen LogP contribution in [0.15, 0.2) is 12.2 Å². The third kappa shape index (κ3) is 12.6. The lowest BCUT2D eigenvalue weighted by molar-refractivity contribution is -0.137. The van der Waals surface area contributed by atoms with Crippen molar-refractivity contribution >= 4 is 23.6 Å². The Hall–Kier alpha value is -2.18. The zero-order valence-corrected chi connectivity index (χ0v) is 20.8. The number of rotatable bonds is 12. The zero-order chi connectivity index (χ0) is 24.2. The van der Waals surface area contributed by atoms with Crippen LogP contribution < -0.4 is 5.32 Å². The number of hydrogen-bond acceptors (Lipinski definition) is 4. The second kappa shape index (κ2) is 19.5. The van der Waals surface area contributed by atoms with Gasteiger partial charge >= 0.3 is 0 Å². The molecule has 0 aliphatic carbocycles. The van der Waals surface area contributed by atoms with Crippen molar-refractivity contribution in [2.45, 2.75) is 98.3 Å². The molecule has 0 spiro atoms. The Morgan fingerprint density at radius 1 is 0.812 bits per heavy atom. The number of likely N-dealkylation sites (tertiary alicyclic amines) is 1. The lowest BCUT2D eigenvalue weighted by atomic mass is 10.1. The van der Waals surface area contributed by atoms with Gasteiger partial charge in [0, 0.05) is 52.6 Å². The van der Waals surface area contributed by atoms with Crippen LogP contribution in [0, 0.1) is 0 Å². The predicted molar refractivity (Wildman–Crippen MR) is 131 cm³/mol. The molecule has 2 aliphatic heterocycles. The molecule has 7 nitrogen and oxygen atoms in total. The van der Waals surface area contributed by atoms with Crippen molar-refractivity contribution in [2.75, 3.05) is 26.2 Å². The number of carbonyl (C=O) groups excluding carboxylic acids is 4. The van der Waals surface area contributed by atoms with Gasteiger partial charge in [0.2, 0.25) is 11.8 Å². The Kier molecular flexibility index (Phi) is 18.2. The van der Waals surface area contributed by atoms with Crippen molar-refractivity contribution in [1.29, 1.82) is 0 Å². The Labute approximate surface area is 196 Å². The Morgan fingerprint density at radius 3 is 2.00 bits per heavy atom. The lowest BCUT2D eigenvalue weighted by Crippen LogP contribution is -2.35. The molecule has 7 heteroatoms. The summed E-state index contributed by atoms with van der Waals surface area (Å²) in [4.78, 5) is 49.9. The maximum atomic E-state index is 12.0. The van der Waals surface area contributed by atoms with Gasteiger partial charge in [-0.1, -0.05) is 40.5 Å². The molecule has 2 rings (SSSR count). The smallest absolute Gasteiger partial charge is 0.253 e. The molecule has 32 heavy (non-hydrogen) atoms. The quantitative estimate of drug-likeness (QED) is 0.349. The minimum absolute atomic E-state index is 0. The van der Waals surface area contributed by atoms with Gasteiger partial charge < -0.3 is 10.2 Å². The van der Waals surface area contributed by atoms with Gasteiger partial charge in [0.15, 0.2) is 0 Å². The SMILES string of the molecule is CC.CC.O=C(CCCCCN1C(=O)C=CC1=O)NCCCCCC(=O)N1CCCCC1.[HH]. The van der Waals surface area contributed by atoms with E-state index in [9.17, 15) is 19.2 Å². The molecular formula is C25H47N3O4. The van der Waals surface area contributed by atoms with Crippen LogP contribution in [-0.4, -0.2) is 59.6 Å². The monoisotopic (exact) mass is 453 g/mol. The highest BCUT2D eigenvalue weighted by Gasteiger charge is 2.22. The van der Waals surface area contributed by atoms with Crippen molar-refractivity contribution in [1.82, 2.24) is 15.1 Å². The van der Waals surface area contributed by atoms with Crippen LogP contribution >= 0.6 is 0 Å². The number of nitrogens with one attached hydrogen (secondary N) is 1. The highest BCUT2D eigenvalue weighted by Crippen LogP contribution is 2.12. The van der Waals surface area contributed by atoms with E-state index < -0.39 is 0 Å². The van der Waals surface area contributed by atoms with E-state index in [0.717, 1.165) is 64.5 Å². The van der Waals surface area contributed by atoms with E-state index in [2.05, 4.69) is 5.32 Å². The normalized spacial score (nSPS) is 15.0. The molecule has 0 atom stereocenters. The van der Waals surface area contributed by atoms with Crippen LogP contribution in [0.1, 0.15) is 99.8 Å². The molecule has 0 aromatic heterocycles. The first-order chi connectivity index (χ1) is 15.6. The second-order valence-electron chi connectivity index (χ2n) is 7.57. The van der Waals surface area contributed by atoms with E-state index in [0.29, 0.717) is 25.9 Å². The maximum Gasteiger partial charge on any atom is 0.253 e. The van der Waals surface area contributed by atoms with Gasteiger partial charge in [0.1, 0.15) is 0 Å². The first kappa shape index (κ1) is 29.8. The molecule has 1 fully saturated rings. The molecule has 2 aliphatic rings. The van der Waals surface area contributed by atoms with Crippen LogP contribution in [-0.2, 0) is 19.2 Å². The summed E-state index contributed by atoms with van der Waals surface area (Å²) in [6, 6.07) is 0. The van der Waals surface area contributed by atoms with Crippen LogP contribution in [0.2, 0.25) is 0 Å². The van der Waals surface area contributed by atoms with Gasteiger partial charge in [-0.15, -0.1) is 0 Å². The summed E-state index contributed by atoms with van der Waals surface area (Å²) in [5, 5.41) is 2.92. The average Bonchev–Trinajstić information content (AvgIpc) is 3.16. The van der Waals surface area contributed by atoms with Crippen LogP contribution in [0.25, 0.3) is 0 Å². The summed E-state index contributed by atoms with van der Waals surface area (Å²) in [7, 11) is 0. The molecule has 0 unspecified atom stereocenters. The molecule has 2 heterocycles. The highest BCUT2D eigenvalue weighted by atomic mass is 16.2. The number of hydrogen-bond donors (Lipinski definition) is 1. The lowest BCUT2D eigenvalue weighted by Gasteiger charge is -2.26. The highest BCUT2D eigenvalue weighted by molar-refractivity contribution is 6.12. The molecule has 0 aromatic rings. The van der Waals surface area contributed by atoms with E-state index in [-0.39, 0.29) is 25.1 Å². The Morgan fingerprint density at radius 2 is 1.38 bits per heavy atom. The first-order valence-corrected chi connectivity index (χ1v) is 12.7. The van der Waals surface area contributed by atoms with Gasteiger partial charge in [-0.05, 0) is 44.9 Å². The van der Waals surface area contributed by atoms with E-state index in [1.165, 1.54) is 23.5 Å². The van der Waals surface area contributed by atoms with Crippen LogP contribution in [0.5, 0.6) is 0 Å². The molecule has 0 aromatic carbocycles. The topological polar surface area (TPSA) is 86.8 Å². The molecule has 4 amide bonds. The Bertz CT molecular complexity index is 572. The fraction of sp³-hybridized carbons (Fsp3) is 0.760. The molecular weight excluding hydrogens is 406 g/mol. The molecule has 0 radical (unpaired) electrons. The summed E-state index contributed by atoms with van der Waals surface area (Å²) in [5.41, 5.74) is 0. The minimum atomic E-state index is -0.250. The average molecular weight is 454 g/mol. The van der Waals surface area contributed by atoms with E-state index >= 15 is 0 Å². The zero-order valence-electron chi connectivity index (χ0n) is 20.8. The van der Waals surface area contributed by atoms with Crippen molar-refractivity contribution in [2.24, 2.45) is 0 Å². The molecule has 1 N–H and O–H groups in total. The largest absolute Gasteiger partial charge is 0.356 e. The summed E-state index contributed by atoms with van der Waals surface area (Å²) < 4.78 is 0. The third-order valence-corrected chi connectivity index (χ3v) is 5.28. The fourth-order valence-electron chi connectivity index (χ4n) is 3.58. The molecule has 0 bridgehead atoms. The van der Waals surface area contributed by atoms with Gasteiger partial charge in [-0.2, -0.15) is 0 Å². The van der Waals surface area contributed by atoms with E-state index in [1.807, 2.05) is 32.6 Å². The summed E-state index contributed by atoms with van der Waals surface area (Å²) >= 11 is 0. The standard InChI is InChI=1S/C21H33N3O4.2C2H6.H2/c25-18(10-4-2-9-17-24-20(27)12-13-21(24)28)22-14-6-1-5-11-19(26)23-15-7-3-8-16-23;2*1-2;/h12-13H,1-11,14-17H2,(H,22,25);2*1-2H3;1H. The van der Waals surface area contributed by atoms with Crippen molar-refractivity contribution in [3.8, 4) is 0 Å². The molecule has 1 saturated heterocycles. The second-order valence-corrected chi connectivity index (χ2v) is 7.57. The minimum Gasteiger partial charge on any atom is -0.356 e. The van der Waals surface area contributed by atoms with Crippen LogP contribution in [0.4, 0.5) is 0 Å².